The van der Waals surface area contributed by atoms with E-state index >= 15 is 0 Å². The number of rotatable bonds is 5. The van der Waals surface area contributed by atoms with E-state index in [0.29, 0.717) is 13.0 Å². The predicted octanol–water partition coefficient (Wildman–Crippen LogP) is 3.93. The number of carbonyl (C=O) groups is 1. The summed E-state index contributed by atoms with van der Waals surface area (Å²) in [5.41, 5.74) is -0.589. The first-order chi connectivity index (χ1) is 15.0. The molecule has 1 aliphatic heterocycles. The van der Waals surface area contributed by atoms with Crippen molar-refractivity contribution in [3.63, 3.8) is 0 Å². The van der Waals surface area contributed by atoms with Gasteiger partial charge in [-0.05, 0) is 42.6 Å². The van der Waals surface area contributed by atoms with Crippen molar-refractivity contribution in [1.29, 1.82) is 0 Å². The summed E-state index contributed by atoms with van der Waals surface area (Å²) in [6.07, 6.45) is -0.514. The standard InChI is InChI=1S/C26H37NO4Si/c1-25(2,3)31-24(29)27-18-17-23(28)22(27)19-30-32(26(4,5)6,20-13-9-7-10-14-20)21-15-11-8-12-16-21/h7-16,22-23,28H,17-19H2,1-6H3. The number of hydrogen-bond donors (Lipinski definition) is 1. The molecule has 0 spiro atoms. The van der Waals surface area contributed by atoms with Crippen molar-refractivity contribution in [3.05, 3.63) is 60.7 Å². The quantitative estimate of drug-likeness (QED) is 0.694. The molecule has 1 amide bonds. The van der Waals surface area contributed by atoms with Gasteiger partial charge in [0.1, 0.15) is 5.60 Å². The van der Waals surface area contributed by atoms with E-state index in [1.54, 1.807) is 4.90 Å². The molecule has 0 aliphatic carbocycles. The van der Waals surface area contributed by atoms with E-state index in [-0.39, 0.29) is 11.6 Å². The van der Waals surface area contributed by atoms with Gasteiger partial charge in [0.25, 0.3) is 8.32 Å². The lowest BCUT2D eigenvalue weighted by molar-refractivity contribution is 0.00794. The first-order valence-electron chi connectivity index (χ1n) is 11.4. The average Bonchev–Trinajstić information content (AvgIpc) is 3.08. The van der Waals surface area contributed by atoms with Crippen LogP contribution in [0, 0.1) is 0 Å². The molecule has 1 aliphatic rings. The van der Waals surface area contributed by atoms with Gasteiger partial charge < -0.3 is 19.2 Å². The third kappa shape index (κ3) is 5.08. The fourth-order valence-corrected chi connectivity index (χ4v) is 9.13. The summed E-state index contributed by atoms with van der Waals surface area (Å²) in [6, 6.07) is 20.3. The van der Waals surface area contributed by atoms with Gasteiger partial charge in [-0.25, -0.2) is 4.79 Å². The maximum absolute atomic E-state index is 12.8. The zero-order valence-corrected chi connectivity index (χ0v) is 21.2. The number of likely N-dealkylation sites (tertiary alicyclic amines) is 1. The van der Waals surface area contributed by atoms with Crippen LogP contribution in [0.2, 0.25) is 5.04 Å². The Morgan fingerprint density at radius 1 is 0.969 bits per heavy atom. The minimum Gasteiger partial charge on any atom is -0.444 e. The molecule has 174 valence electrons. The van der Waals surface area contributed by atoms with Crippen molar-refractivity contribution in [2.45, 2.75) is 70.7 Å². The maximum atomic E-state index is 12.8. The molecule has 2 atom stereocenters. The summed E-state index contributed by atoms with van der Waals surface area (Å²) in [4.78, 5) is 14.5. The molecule has 0 aromatic heterocycles. The SMILES string of the molecule is CC(C)(C)OC(=O)N1CCC(O)C1CO[Si](c1ccccc1)(c1ccccc1)C(C)(C)C. The minimum absolute atomic E-state index is 0.171. The maximum Gasteiger partial charge on any atom is 0.410 e. The van der Waals surface area contributed by atoms with Gasteiger partial charge in [-0.2, -0.15) is 0 Å². The highest BCUT2D eigenvalue weighted by Crippen LogP contribution is 2.37. The lowest BCUT2D eigenvalue weighted by Crippen LogP contribution is -2.67. The smallest absolute Gasteiger partial charge is 0.410 e. The second kappa shape index (κ2) is 9.38. The molecule has 5 nitrogen and oxygen atoms in total. The van der Waals surface area contributed by atoms with Crippen molar-refractivity contribution in [3.8, 4) is 0 Å². The first-order valence-corrected chi connectivity index (χ1v) is 13.3. The van der Waals surface area contributed by atoms with E-state index in [0.717, 1.165) is 0 Å². The van der Waals surface area contributed by atoms with Crippen LogP contribution in [0.15, 0.2) is 60.7 Å². The zero-order valence-electron chi connectivity index (χ0n) is 20.2. The number of aliphatic hydroxyl groups is 1. The number of nitrogens with zero attached hydrogens (tertiary/aromatic N) is 1. The molecule has 3 rings (SSSR count). The van der Waals surface area contributed by atoms with Crippen molar-refractivity contribution in [1.82, 2.24) is 4.90 Å². The summed E-state index contributed by atoms with van der Waals surface area (Å²) < 4.78 is 12.6. The third-order valence-electron chi connectivity index (χ3n) is 6.03. The van der Waals surface area contributed by atoms with Gasteiger partial charge >= 0.3 is 6.09 Å². The van der Waals surface area contributed by atoms with E-state index < -0.39 is 32.2 Å². The molecular weight excluding hydrogens is 418 g/mol. The Labute approximate surface area is 193 Å². The summed E-state index contributed by atoms with van der Waals surface area (Å²) >= 11 is 0. The van der Waals surface area contributed by atoms with E-state index in [4.69, 9.17) is 9.16 Å². The summed E-state index contributed by atoms with van der Waals surface area (Å²) in [5, 5.41) is 12.9. The molecule has 2 aromatic carbocycles. The Morgan fingerprint density at radius 2 is 1.47 bits per heavy atom. The van der Waals surface area contributed by atoms with Crippen molar-refractivity contribution in [2.75, 3.05) is 13.2 Å². The molecular formula is C26H37NO4Si. The summed E-state index contributed by atoms with van der Waals surface area (Å²) in [7, 11) is -2.75. The highest BCUT2D eigenvalue weighted by Gasteiger charge is 2.51. The van der Waals surface area contributed by atoms with Crippen LogP contribution in [0.25, 0.3) is 0 Å². The first kappa shape index (κ1) is 24.5. The Kier molecular flexibility index (Phi) is 7.17. The molecule has 0 saturated carbocycles. The van der Waals surface area contributed by atoms with Crippen LogP contribution >= 0.6 is 0 Å². The molecule has 2 aromatic rings. The molecule has 0 bridgehead atoms. The van der Waals surface area contributed by atoms with Gasteiger partial charge in [0.15, 0.2) is 0 Å². The third-order valence-corrected chi connectivity index (χ3v) is 11.0. The van der Waals surface area contributed by atoms with Crippen molar-refractivity contribution >= 4 is 24.8 Å². The van der Waals surface area contributed by atoms with Gasteiger partial charge in [-0.1, -0.05) is 81.4 Å². The Morgan fingerprint density at radius 3 is 1.91 bits per heavy atom. The number of carbonyl (C=O) groups excluding carboxylic acids is 1. The second-order valence-corrected chi connectivity index (χ2v) is 14.9. The largest absolute Gasteiger partial charge is 0.444 e. The Bertz CT molecular complexity index is 850. The lowest BCUT2D eigenvalue weighted by atomic mass is 10.2. The Balaban J connectivity index is 1.98. The van der Waals surface area contributed by atoms with E-state index in [2.05, 4.69) is 45.0 Å². The summed E-state index contributed by atoms with van der Waals surface area (Å²) in [6.45, 7) is 12.9. The number of hydrogen-bond acceptors (Lipinski definition) is 4. The monoisotopic (exact) mass is 455 g/mol. The van der Waals surface area contributed by atoms with Crippen molar-refractivity contribution < 1.29 is 19.1 Å². The van der Waals surface area contributed by atoms with Gasteiger partial charge in [-0.3, -0.25) is 0 Å². The van der Waals surface area contributed by atoms with Crippen LogP contribution in [-0.4, -0.2) is 55.3 Å². The predicted molar refractivity (Wildman–Crippen MR) is 131 cm³/mol. The van der Waals surface area contributed by atoms with E-state index in [9.17, 15) is 9.90 Å². The molecule has 1 fully saturated rings. The van der Waals surface area contributed by atoms with Crippen molar-refractivity contribution in [2.24, 2.45) is 0 Å². The zero-order chi connectivity index (χ0) is 23.6. The number of ether oxygens (including phenoxy) is 1. The number of benzene rings is 2. The van der Waals surface area contributed by atoms with Gasteiger partial charge in [0.05, 0.1) is 18.8 Å². The van der Waals surface area contributed by atoms with Gasteiger partial charge in [0.2, 0.25) is 0 Å². The highest BCUT2D eigenvalue weighted by molar-refractivity contribution is 6.99. The second-order valence-electron chi connectivity index (χ2n) is 10.6. The normalized spacial score (nSPS) is 19.8. The number of aliphatic hydroxyl groups excluding tert-OH is 1. The molecule has 1 heterocycles. The van der Waals surface area contributed by atoms with Crippen LogP contribution < -0.4 is 10.4 Å². The average molecular weight is 456 g/mol. The molecule has 1 N–H and O–H groups in total. The Hall–Kier alpha value is -2.15. The van der Waals surface area contributed by atoms with Crippen LogP contribution in [0.4, 0.5) is 4.79 Å². The molecule has 0 radical (unpaired) electrons. The molecule has 2 unspecified atom stereocenters. The topological polar surface area (TPSA) is 59.0 Å². The fraction of sp³-hybridized carbons (Fsp3) is 0.500. The number of amides is 1. The van der Waals surface area contributed by atoms with Crippen LogP contribution in [-0.2, 0) is 9.16 Å². The van der Waals surface area contributed by atoms with Crippen LogP contribution in [0.5, 0.6) is 0 Å². The van der Waals surface area contributed by atoms with Gasteiger partial charge in [0, 0.05) is 6.54 Å². The van der Waals surface area contributed by atoms with E-state index in [1.807, 2.05) is 57.2 Å². The highest BCUT2D eigenvalue weighted by atomic mass is 28.4. The summed E-state index contributed by atoms with van der Waals surface area (Å²) in [5.74, 6) is 0. The minimum atomic E-state index is -2.75. The van der Waals surface area contributed by atoms with Crippen LogP contribution in [0.1, 0.15) is 48.0 Å². The molecule has 32 heavy (non-hydrogen) atoms. The lowest BCUT2D eigenvalue weighted by Gasteiger charge is -2.44. The van der Waals surface area contributed by atoms with Crippen LogP contribution in [0.3, 0.4) is 0 Å². The van der Waals surface area contributed by atoms with Gasteiger partial charge in [-0.15, -0.1) is 0 Å². The molecule has 1 saturated heterocycles. The molecule has 6 heteroatoms. The van der Waals surface area contributed by atoms with E-state index in [1.165, 1.54) is 10.4 Å². The fourth-order valence-electron chi connectivity index (χ4n) is 4.56.